The van der Waals surface area contributed by atoms with Gasteiger partial charge in [-0.05, 0) is 44.5 Å². The van der Waals surface area contributed by atoms with E-state index in [1.54, 1.807) is 0 Å². The molecule has 0 saturated carbocycles. The third kappa shape index (κ3) is 4.92. The maximum absolute atomic E-state index is 12.4. The molecule has 9 heteroatoms. The molecular weight excluding hydrogens is 394 g/mol. The van der Waals surface area contributed by atoms with Crippen molar-refractivity contribution in [3.05, 3.63) is 28.2 Å². The highest BCUT2D eigenvalue weighted by molar-refractivity contribution is 9.10. The number of hydrogen-bond acceptors (Lipinski definition) is 4. The minimum Gasteiger partial charge on any atom is -0.366 e. The fraction of sp³-hybridized carbons (Fsp3) is 0.462. The van der Waals surface area contributed by atoms with Crippen LogP contribution in [-0.2, 0) is 10.0 Å². The average molecular weight is 413 g/mol. The first-order chi connectivity index (χ1) is 9.78. The van der Waals surface area contributed by atoms with Gasteiger partial charge in [0.05, 0.1) is 4.90 Å². The SMILES string of the molecule is CC1CC(NS(=O)(=O)c2cc(Br)cc(C(N)=O)c2)CCN1.Cl. The van der Waals surface area contributed by atoms with Gasteiger partial charge in [0.2, 0.25) is 15.9 Å². The maximum atomic E-state index is 12.4. The summed E-state index contributed by atoms with van der Waals surface area (Å²) < 4.78 is 28.1. The maximum Gasteiger partial charge on any atom is 0.248 e. The van der Waals surface area contributed by atoms with Gasteiger partial charge in [0.15, 0.2) is 0 Å². The Morgan fingerprint density at radius 2 is 2.09 bits per heavy atom. The molecule has 0 spiro atoms. The second-order valence-electron chi connectivity index (χ2n) is 5.24. The van der Waals surface area contributed by atoms with E-state index >= 15 is 0 Å². The van der Waals surface area contributed by atoms with Crippen molar-refractivity contribution in [2.24, 2.45) is 5.73 Å². The first-order valence-electron chi connectivity index (χ1n) is 6.64. The summed E-state index contributed by atoms with van der Waals surface area (Å²) in [6.45, 7) is 2.80. The largest absolute Gasteiger partial charge is 0.366 e. The standard InChI is InChI=1S/C13H18BrN3O3S.ClH/c1-8-4-11(2-3-16-8)17-21(19,20)12-6-9(13(15)18)5-10(14)7-12;/h5-8,11,16-17H,2-4H2,1H3,(H2,15,18);1H. The van der Waals surface area contributed by atoms with Crippen LogP contribution in [0.15, 0.2) is 27.6 Å². The third-order valence-electron chi connectivity index (χ3n) is 3.41. The van der Waals surface area contributed by atoms with Gasteiger partial charge in [0.25, 0.3) is 0 Å². The average Bonchev–Trinajstić information content (AvgIpc) is 2.37. The zero-order valence-electron chi connectivity index (χ0n) is 12.0. The summed E-state index contributed by atoms with van der Waals surface area (Å²) in [7, 11) is -3.68. The van der Waals surface area contributed by atoms with Gasteiger partial charge < -0.3 is 11.1 Å². The molecule has 0 bridgehead atoms. The lowest BCUT2D eigenvalue weighted by atomic mass is 10.0. The van der Waals surface area contributed by atoms with Crippen LogP contribution in [0.3, 0.4) is 0 Å². The Kier molecular flexibility index (Phi) is 6.82. The van der Waals surface area contributed by atoms with Gasteiger partial charge in [0, 0.05) is 22.1 Å². The van der Waals surface area contributed by atoms with E-state index < -0.39 is 15.9 Å². The highest BCUT2D eigenvalue weighted by Crippen LogP contribution is 2.21. The number of nitrogens with two attached hydrogens (primary N) is 1. The lowest BCUT2D eigenvalue weighted by Crippen LogP contribution is -2.46. The van der Waals surface area contributed by atoms with E-state index in [-0.39, 0.29) is 34.9 Å². The van der Waals surface area contributed by atoms with Crippen molar-refractivity contribution >= 4 is 44.3 Å². The normalized spacial score (nSPS) is 21.9. The molecule has 0 aromatic heterocycles. The minimum atomic E-state index is -3.68. The van der Waals surface area contributed by atoms with E-state index in [0.717, 1.165) is 19.4 Å². The zero-order chi connectivity index (χ0) is 15.6. The summed E-state index contributed by atoms with van der Waals surface area (Å²) in [6, 6.07) is 4.41. The van der Waals surface area contributed by atoms with Crippen LogP contribution in [0.2, 0.25) is 0 Å². The second kappa shape index (κ2) is 7.74. The highest BCUT2D eigenvalue weighted by Gasteiger charge is 2.25. The molecule has 1 amide bonds. The molecule has 1 aliphatic rings. The van der Waals surface area contributed by atoms with Crippen LogP contribution in [0.5, 0.6) is 0 Å². The van der Waals surface area contributed by atoms with Crippen LogP contribution >= 0.6 is 28.3 Å². The van der Waals surface area contributed by atoms with Crippen molar-refractivity contribution in [2.45, 2.75) is 36.7 Å². The number of halogens is 2. The van der Waals surface area contributed by atoms with Gasteiger partial charge in [-0.1, -0.05) is 15.9 Å². The number of rotatable bonds is 4. The van der Waals surface area contributed by atoms with E-state index in [4.69, 9.17) is 5.73 Å². The number of carbonyl (C=O) groups is 1. The van der Waals surface area contributed by atoms with E-state index in [2.05, 4.69) is 26.0 Å². The summed E-state index contributed by atoms with van der Waals surface area (Å²) in [5.41, 5.74) is 5.37. The minimum absolute atomic E-state index is 0. The van der Waals surface area contributed by atoms with Crippen LogP contribution in [0.4, 0.5) is 0 Å². The van der Waals surface area contributed by atoms with Crippen LogP contribution in [0.25, 0.3) is 0 Å². The monoisotopic (exact) mass is 411 g/mol. The van der Waals surface area contributed by atoms with Crippen molar-refractivity contribution in [3.63, 3.8) is 0 Å². The first-order valence-corrected chi connectivity index (χ1v) is 8.91. The molecule has 0 aliphatic carbocycles. The van der Waals surface area contributed by atoms with Gasteiger partial charge in [-0.2, -0.15) is 0 Å². The topological polar surface area (TPSA) is 101 Å². The molecule has 2 atom stereocenters. The summed E-state index contributed by atoms with van der Waals surface area (Å²) in [5, 5.41) is 3.27. The Labute approximate surface area is 144 Å². The highest BCUT2D eigenvalue weighted by atomic mass is 79.9. The molecule has 2 rings (SSSR count). The fourth-order valence-corrected chi connectivity index (χ4v) is 4.38. The third-order valence-corrected chi connectivity index (χ3v) is 5.37. The van der Waals surface area contributed by atoms with E-state index in [1.807, 2.05) is 6.92 Å². The molecule has 2 unspecified atom stereocenters. The van der Waals surface area contributed by atoms with Gasteiger partial charge in [-0.25, -0.2) is 13.1 Å². The molecule has 4 N–H and O–H groups in total. The van der Waals surface area contributed by atoms with Crippen molar-refractivity contribution in [2.75, 3.05) is 6.54 Å². The summed E-state index contributed by atoms with van der Waals surface area (Å²) in [4.78, 5) is 11.3. The van der Waals surface area contributed by atoms with Gasteiger partial charge in [-0.3, -0.25) is 4.79 Å². The predicted molar refractivity (Wildman–Crippen MR) is 90.7 cm³/mol. The molecule has 1 heterocycles. The fourth-order valence-electron chi connectivity index (χ4n) is 2.39. The van der Waals surface area contributed by atoms with E-state index in [0.29, 0.717) is 4.47 Å². The molecule has 124 valence electrons. The van der Waals surface area contributed by atoms with Gasteiger partial charge >= 0.3 is 0 Å². The smallest absolute Gasteiger partial charge is 0.248 e. The second-order valence-corrected chi connectivity index (χ2v) is 7.87. The molecule has 22 heavy (non-hydrogen) atoms. The lowest BCUT2D eigenvalue weighted by molar-refractivity contribution is 0.1000. The molecule has 1 aliphatic heterocycles. The van der Waals surface area contributed by atoms with Gasteiger partial charge in [-0.15, -0.1) is 12.4 Å². The summed E-state index contributed by atoms with van der Waals surface area (Å²) >= 11 is 3.20. The van der Waals surface area contributed by atoms with E-state index in [1.165, 1.54) is 18.2 Å². The number of amides is 1. The van der Waals surface area contributed by atoms with Crippen molar-refractivity contribution < 1.29 is 13.2 Å². The van der Waals surface area contributed by atoms with Crippen molar-refractivity contribution in [3.8, 4) is 0 Å². The van der Waals surface area contributed by atoms with E-state index in [9.17, 15) is 13.2 Å². The number of benzene rings is 1. The van der Waals surface area contributed by atoms with Crippen LogP contribution in [0, 0.1) is 0 Å². The van der Waals surface area contributed by atoms with Crippen LogP contribution in [0.1, 0.15) is 30.1 Å². The molecular formula is C13H19BrClN3O3S. The number of piperidine rings is 1. The first kappa shape index (κ1) is 19.4. The Balaban J connectivity index is 0.00000242. The molecule has 6 nitrogen and oxygen atoms in total. The summed E-state index contributed by atoms with van der Waals surface area (Å²) in [6.07, 6.45) is 1.47. The van der Waals surface area contributed by atoms with Gasteiger partial charge in [0.1, 0.15) is 0 Å². The molecule has 1 saturated heterocycles. The quantitative estimate of drug-likeness (QED) is 0.695. The number of nitrogens with one attached hydrogen (secondary N) is 2. The van der Waals surface area contributed by atoms with Crippen LogP contribution < -0.4 is 15.8 Å². The number of sulfonamides is 1. The Hall–Kier alpha value is -0.670. The van der Waals surface area contributed by atoms with Crippen molar-refractivity contribution in [1.29, 1.82) is 0 Å². The lowest BCUT2D eigenvalue weighted by Gasteiger charge is -2.28. The van der Waals surface area contributed by atoms with Crippen molar-refractivity contribution in [1.82, 2.24) is 10.0 Å². The number of primary amides is 1. The predicted octanol–water partition coefficient (Wildman–Crippen LogP) is 1.39. The Morgan fingerprint density at radius 3 is 2.68 bits per heavy atom. The Morgan fingerprint density at radius 1 is 1.41 bits per heavy atom. The molecule has 1 fully saturated rings. The molecule has 0 radical (unpaired) electrons. The number of carbonyl (C=O) groups excluding carboxylic acids is 1. The Bertz CT molecular complexity index is 654. The summed E-state index contributed by atoms with van der Waals surface area (Å²) in [5.74, 6) is -0.664. The molecule has 1 aromatic carbocycles. The number of hydrogen-bond donors (Lipinski definition) is 3. The van der Waals surface area contributed by atoms with Crippen LogP contribution in [-0.4, -0.2) is 33.0 Å². The molecule has 1 aromatic rings. The zero-order valence-corrected chi connectivity index (χ0v) is 15.2.